The highest BCUT2D eigenvalue weighted by Crippen LogP contribution is 2.39. The Kier molecular flexibility index (Phi) is 1.73. The van der Waals surface area contributed by atoms with Crippen molar-refractivity contribution in [3.8, 4) is 5.69 Å². The average molecular weight is 300 g/mol. The molecule has 0 spiro atoms. The topological polar surface area (TPSA) is 59.7 Å². The van der Waals surface area contributed by atoms with Crippen LogP contribution in [0.5, 0.6) is 0 Å². The summed E-state index contributed by atoms with van der Waals surface area (Å²) in [6, 6.07) is -3.85. The van der Waals surface area contributed by atoms with E-state index in [-0.39, 0.29) is 23.2 Å². The van der Waals surface area contributed by atoms with Crippen molar-refractivity contribution >= 4 is 17.4 Å². The maximum atomic E-state index is 8.64. The van der Waals surface area contributed by atoms with E-state index in [1.807, 2.05) is 0 Å². The van der Waals surface area contributed by atoms with Crippen LogP contribution in [-0.2, 0) is 0 Å². The second-order valence-electron chi connectivity index (χ2n) is 4.43. The van der Waals surface area contributed by atoms with E-state index < -0.39 is 25.8 Å². The van der Waals surface area contributed by atoms with Crippen LogP contribution < -0.4 is 4.90 Å². The molecule has 3 rings (SSSR count). The summed E-state index contributed by atoms with van der Waals surface area (Å²) in [7, 11) is 0. The Balaban J connectivity index is 2.40. The molecule has 1 atom stereocenters. The highest BCUT2D eigenvalue weighted by atomic mass is 35.5. The lowest BCUT2D eigenvalue weighted by Crippen LogP contribution is -2.40. The fourth-order valence-electron chi connectivity index (χ4n) is 2.46. The first-order chi connectivity index (χ1) is 12.3. The average Bonchev–Trinajstić information content (AvgIpc) is 2.92. The number of aryl methyl sites for hydroxylation is 1. The summed E-state index contributed by atoms with van der Waals surface area (Å²) in [4.78, 5) is 8.97. The van der Waals surface area contributed by atoms with E-state index in [4.69, 9.17) is 21.2 Å². The van der Waals surface area contributed by atoms with Gasteiger partial charge in [0.15, 0.2) is 11.6 Å². The number of anilines is 1. The van der Waals surface area contributed by atoms with E-state index in [1.54, 1.807) is 18.4 Å². The molecule has 106 valence electrons. The van der Waals surface area contributed by atoms with Crippen molar-refractivity contribution in [2.75, 3.05) is 4.90 Å². The van der Waals surface area contributed by atoms with Gasteiger partial charge in [-0.05, 0) is 38.6 Å². The third-order valence-corrected chi connectivity index (χ3v) is 3.46. The summed E-state index contributed by atoms with van der Waals surface area (Å²) in [5.41, 5.74) is 0.270. The summed E-state index contributed by atoms with van der Waals surface area (Å²) in [5, 5.41) is 7.91. The summed E-state index contributed by atoms with van der Waals surface area (Å²) >= 11 is 5.92. The normalized spacial score (nSPS) is 24.2. The number of nitrogens with zero attached hydrogens (tertiary/aromatic N) is 6. The van der Waals surface area contributed by atoms with Gasteiger partial charge >= 0.3 is 0 Å². The molecule has 2 aromatic heterocycles. The van der Waals surface area contributed by atoms with Crippen LogP contribution >= 0.6 is 11.6 Å². The number of fused-ring (bicyclic) bond motifs is 3. The smallest absolute Gasteiger partial charge is 0.224 e. The van der Waals surface area contributed by atoms with Crippen LogP contribution in [0.2, 0.25) is 5.28 Å². The van der Waals surface area contributed by atoms with Crippen LogP contribution in [0.3, 0.4) is 0 Å². The van der Waals surface area contributed by atoms with E-state index in [1.165, 1.54) is 6.20 Å². The summed E-state index contributed by atoms with van der Waals surface area (Å²) in [6.45, 7) is -2.94. The van der Waals surface area contributed by atoms with Crippen molar-refractivity contribution in [1.29, 1.82) is 0 Å². The number of hydrogen-bond donors (Lipinski definition) is 0. The second-order valence-corrected chi connectivity index (χ2v) is 4.77. The number of halogens is 1. The first kappa shape index (κ1) is 7.36. The van der Waals surface area contributed by atoms with Gasteiger partial charge in [-0.15, -0.1) is 10.2 Å². The Morgan fingerprint density at radius 1 is 1.50 bits per heavy atom. The van der Waals surface area contributed by atoms with Gasteiger partial charge in [-0.2, -0.15) is 4.98 Å². The zero-order valence-corrected chi connectivity index (χ0v) is 11.7. The number of aromatic nitrogens is 5. The molecule has 1 aliphatic heterocycles. The van der Waals surface area contributed by atoms with Crippen molar-refractivity contribution in [2.24, 2.45) is 0 Å². The SMILES string of the molecule is [2H]C([2H])([2H])C([2H])(N1c2nc(Cl)ncc2-n2c(C)nnc2[C@H]1CC)C([2H])([2H])[2H]. The molecule has 0 N–H and O–H groups in total. The summed E-state index contributed by atoms with van der Waals surface area (Å²) in [6.07, 6.45) is 1.61. The van der Waals surface area contributed by atoms with Crippen molar-refractivity contribution in [3.63, 3.8) is 0 Å². The standard InChI is InChI=1S/C13H17ClN6/c1-5-9-12-18-17-8(4)20(12)10-6-15-13(14)16-11(10)19(9)7(2)3/h6-7,9H,5H2,1-4H3/t9-/m1/s1/i2D3,3D3,7D. The molecule has 7 heteroatoms. The van der Waals surface area contributed by atoms with E-state index in [0.717, 1.165) is 4.90 Å². The second kappa shape index (κ2) is 4.70. The van der Waals surface area contributed by atoms with Crippen molar-refractivity contribution in [2.45, 2.75) is 46.0 Å². The lowest BCUT2D eigenvalue weighted by molar-refractivity contribution is 0.496. The predicted molar refractivity (Wildman–Crippen MR) is 77.3 cm³/mol. The van der Waals surface area contributed by atoms with Gasteiger partial charge < -0.3 is 4.90 Å². The van der Waals surface area contributed by atoms with Gasteiger partial charge in [-0.3, -0.25) is 4.57 Å². The Morgan fingerprint density at radius 3 is 3.00 bits per heavy atom. The van der Waals surface area contributed by atoms with Gasteiger partial charge in [0, 0.05) is 14.2 Å². The van der Waals surface area contributed by atoms with Crippen LogP contribution in [0.1, 0.15) is 54.3 Å². The molecule has 2 aromatic rings. The molecule has 0 radical (unpaired) electrons. The Hall–Kier alpha value is -1.69. The van der Waals surface area contributed by atoms with Gasteiger partial charge in [0.1, 0.15) is 11.5 Å². The Morgan fingerprint density at radius 2 is 2.30 bits per heavy atom. The predicted octanol–water partition coefficient (Wildman–Crippen LogP) is 2.70. The van der Waals surface area contributed by atoms with E-state index in [2.05, 4.69) is 20.2 Å². The fourth-order valence-corrected chi connectivity index (χ4v) is 2.59. The largest absolute Gasteiger partial charge is 0.342 e. The molecule has 6 nitrogen and oxygen atoms in total. The lowest BCUT2D eigenvalue weighted by Gasteiger charge is -2.39. The minimum atomic E-state index is -3.18. The van der Waals surface area contributed by atoms with Crippen LogP contribution in [0, 0.1) is 6.92 Å². The first-order valence-corrected chi connectivity index (χ1v) is 6.46. The van der Waals surface area contributed by atoms with Crippen LogP contribution in [0.4, 0.5) is 5.82 Å². The van der Waals surface area contributed by atoms with Gasteiger partial charge in [-0.1, -0.05) is 6.92 Å². The molecule has 20 heavy (non-hydrogen) atoms. The molecular formula is C13H17ClN6. The minimum Gasteiger partial charge on any atom is -0.342 e. The third-order valence-electron chi connectivity index (χ3n) is 3.28. The van der Waals surface area contributed by atoms with Gasteiger partial charge in [0.25, 0.3) is 0 Å². The van der Waals surface area contributed by atoms with Gasteiger partial charge in [0.2, 0.25) is 5.28 Å². The maximum Gasteiger partial charge on any atom is 0.224 e. The van der Waals surface area contributed by atoms with Gasteiger partial charge in [-0.25, -0.2) is 4.98 Å². The number of hydrogen-bond acceptors (Lipinski definition) is 5. The molecule has 0 aliphatic carbocycles. The van der Waals surface area contributed by atoms with E-state index in [9.17, 15) is 0 Å². The number of rotatable bonds is 2. The highest BCUT2D eigenvalue weighted by Gasteiger charge is 2.35. The first-order valence-electron chi connectivity index (χ1n) is 9.58. The lowest BCUT2D eigenvalue weighted by atomic mass is 10.1. The monoisotopic (exact) mass is 299 g/mol. The van der Waals surface area contributed by atoms with Crippen LogP contribution in [0.15, 0.2) is 6.20 Å². The Labute approximate surface area is 132 Å². The molecule has 0 saturated heterocycles. The molecule has 0 amide bonds. The van der Waals surface area contributed by atoms with Crippen molar-refractivity contribution in [1.82, 2.24) is 24.7 Å². The zero-order chi connectivity index (χ0) is 20.4. The molecule has 1 aliphatic rings. The fraction of sp³-hybridized carbons (Fsp3) is 0.538. The molecule has 0 saturated carbocycles. The molecule has 0 unspecified atom stereocenters. The van der Waals surface area contributed by atoms with Crippen molar-refractivity contribution in [3.05, 3.63) is 23.1 Å². The third kappa shape index (κ3) is 1.78. The quantitative estimate of drug-likeness (QED) is 0.798. The van der Waals surface area contributed by atoms with Crippen molar-refractivity contribution < 1.29 is 9.60 Å². The molecule has 3 heterocycles. The molecule has 0 aromatic carbocycles. The minimum absolute atomic E-state index is 0.0560. The maximum absolute atomic E-state index is 8.64. The van der Waals surface area contributed by atoms with E-state index in [0.29, 0.717) is 11.6 Å². The van der Waals surface area contributed by atoms with Crippen LogP contribution in [-0.4, -0.2) is 30.8 Å². The van der Waals surface area contributed by atoms with E-state index >= 15 is 0 Å². The molecular weight excluding hydrogens is 276 g/mol. The molecule has 0 fully saturated rings. The summed E-state index contributed by atoms with van der Waals surface area (Å²) < 4.78 is 57.4. The molecule has 0 bridgehead atoms. The zero-order valence-electron chi connectivity index (χ0n) is 17.9. The van der Waals surface area contributed by atoms with Crippen LogP contribution in [0.25, 0.3) is 5.69 Å². The van der Waals surface area contributed by atoms with Gasteiger partial charge in [0.05, 0.1) is 13.6 Å². The summed E-state index contributed by atoms with van der Waals surface area (Å²) in [5.74, 6) is 0.756. The highest BCUT2D eigenvalue weighted by molar-refractivity contribution is 6.28. The Bertz CT molecular complexity index is 863.